The summed E-state index contributed by atoms with van der Waals surface area (Å²) in [6, 6.07) is 5.49. The zero-order chi connectivity index (χ0) is 25.2. The average molecular weight is 533 g/mol. The number of nitrogens with zero attached hydrogens (tertiary/aromatic N) is 7. The highest BCUT2D eigenvalue weighted by Crippen LogP contribution is 2.23. The smallest absolute Gasteiger partial charge is 0.224 e. The molecule has 2 aromatic heterocycles. The van der Waals surface area contributed by atoms with Crippen LogP contribution in [0.25, 0.3) is 11.9 Å². The minimum absolute atomic E-state index is 0. The number of halogens is 3. The summed E-state index contributed by atoms with van der Waals surface area (Å²) in [6.45, 7) is 6.99. The molecule has 12 heteroatoms. The number of β-amino-alcohol motifs (C(OH)–C–C–N with tert-alkyl or cyclic N) is 1. The minimum Gasteiger partial charge on any atom is -0.391 e. The highest BCUT2D eigenvalue weighted by molar-refractivity contribution is 5.85. The van der Waals surface area contributed by atoms with Gasteiger partial charge < -0.3 is 20.6 Å². The van der Waals surface area contributed by atoms with E-state index in [0.717, 1.165) is 43.5 Å². The maximum atomic E-state index is 13.5. The summed E-state index contributed by atoms with van der Waals surface area (Å²) < 4.78 is 28.8. The molecule has 1 atom stereocenters. The van der Waals surface area contributed by atoms with Gasteiger partial charge in [-0.05, 0) is 25.5 Å². The van der Waals surface area contributed by atoms with Crippen molar-refractivity contribution in [3.63, 3.8) is 0 Å². The van der Waals surface area contributed by atoms with Crippen molar-refractivity contribution in [1.82, 2.24) is 24.6 Å². The summed E-state index contributed by atoms with van der Waals surface area (Å²) >= 11 is 0. The molecule has 0 amide bonds. The number of aliphatic hydroxyl groups excluding tert-OH is 1. The fourth-order valence-electron chi connectivity index (χ4n) is 4.72. The summed E-state index contributed by atoms with van der Waals surface area (Å²) in [5, 5.41) is 14.4. The molecule has 2 fully saturated rings. The molecule has 2 aliphatic heterocycles. The Bertz CT molecular complexity index is 1240. The zero-order valence-electron chi connectivity index (χ0n) is 20.6. The van der Waals surface area contributed by atoms with Crippen molar-refractivity contribution in [2.75, 3.05) is 61.3 Å². The van der Waals surface area contributed by atoms with E-state index in [1.165, 1.54) is 12.1 Å². The molecule has 2 saturated heterocycles. The van der Waals surface area contributed by atoms with Crippen LogP contribution >= 0.6 is 12.4 Å². The van der Waals surface area contributed by atoms with Gasteiger partial charge in [0.05, 0.1) is 18.0 Å². The first-order valence-electron chi connectivity index (χ1n) is 12.1. The van der Waals surface area contributed by atoms with Crippen LogP contribution in [-0.2, 0) is 0 Å². The fraction of sp³-hybridized carbons (Fsp3) is 0.400. The molecule has 0 aliphatic carbocycles. The average Bonchev–Trinajstić information content (AvgIpc) is 3.44. The lowest BCUT2D eigenvalue weighted by Gasteiger charge is -2.35. The molecular formula is C25H31ClF2N8O. The first kappa shape index (κ1) is 26.8. The normalized spacial score (nSPS) is 18.5. The standard InChI is InChI=1S/C25H30F2N8O.ClH/c1-17-18(3-2-5-32-7-9-33(10-8-32)21-12-19(26)11-20(27)13-21)15-29-35(17)24-14-23(30-25(28)31-24)34-6-4-22(36)16-34;/h2-3,11-15,22,36H,4-10,16H2,1H3,(H2,28,30,31);1H/b3-2+;/t22-;/m1./s1. The number of anilines is 3. The predicted molar refractivity (Wildman–Crippen MR) is 142 cm³/mol. The van der Waals surface area contributed by atoms with E-state index < -0.39 is 11.6 Å². The van der Waals surface area contributed by atoms with Gasteiger partial charge in [-0.1, -0.05) is 12.2 Å². The maximum absolute atomic E-state index is 13.5. The Morgan fingerprint density at radius 2 is 1.70 bits per heavy atom. The van der Waals surface area contributed by atoms with Crippen molar-refractivity contribution >= 4 is 35.9 Å². The van der Waals surface area contributed by atoms with E-state index in [0.29, 0.717) is 43.4 Å². The van der Waals surface area contributed by atoms with Crippen LogP contribution in [0.2, 0.25) is 0 Å². The van der Waals surface area contributed by atoms with Crippen LogP contribution in [0, 0.1) is 18.6 Å². The van der Waals surface area contributed by atoms with Gasteiger partial charge in [-0.25, -0.2) is 13.5 Å². The van der Waals surface area contributed by atoms with Crippen LogP contribution in [0.4, 0.5) is 26.2 Å². The SMILES string of the molecule is Cc1c(/C=C/CN2CCN(c3cc(F)cc(F)c3)CC2)cnn1-c1cc(N2CC[C@@H](O)C2)nc(N)n1.Cl. The van der Waals surface area contributed by atoms with Crippen LogP contribution < -0.4 is 15.5 Å². The predicted octanol–water partition coefficient (Wildman–Crippen LogP) is 2.66. The summed E-state index contributed by atoms with van der Waals surface area (Å²) in [6.07, 6.45) is 6.26. The van der Waals surface area contributed by atoms with Crippen molar-refractivity contribution in [2.24, 2.45) is 0 Å². The van der Waals surface area contributed by atoms with Gasteiger partial charge >= 0.3 is 0 Å². The number of hydrogen-bond acceptors (Lipinski definition) is 8. The summed E-state index contributed by atoms with van der Waals surface area (Å²) in [4.78, 5) is 15.0. The number of aromatic nitrogens is 4. The van der Waals surface area contributed by atoms with Gasteiger partial charge in [0.2, 0.25) is 5.95 Å². The van der Waals surface area contributed by atoms with Crippen molar-refractivity contribution in [3.05, 3.63) is 59.4 Å². The van der Waals surface area contributed by atoms with Gasteiger partial charge in [0.25, 0.3) is 0 Å². The molecule has 0 spiro atoms. The molecule has 9 nitrogen and oxygen atoms in total. The van der Waals surface area contributed by atoms with E-state index in [2.05, 4.69) is 26.0 Å². The Hall–Kier alpha value is -3.28. The molecule has 0 unspecified atom stereocenters. The monoisotopic (exact) mass is 532 g/mol. The van der Waals surface area contributed by atoms with Crippen molar-refractivity contribution in [2.45, 2.75) is 19.4 Å². The number of nitrogens with two attached hydrogens (primary N) is 1. The Labute approximate surface area is 220 Å². The molecule has 0 bridgehead atoms. The Morgan fingerprint density at radius 3 is 2.38 bits per heavy atom. The first-order chi connectivity index (χ1) is 17.4. The molecule has 198 valence electrons. The van der Waals surface area contributed by atoms with E-state index >= 15 is 0 Å². The van der Waals surface area contributed by atoms with Crippen molar-refractivity contribution in [1.29, 1.82) is 0 Å². The number of rotatable bonds is 6. The number of aliphatic hydroxyl groups is 1. The first-order valence-corrected chi connectivity index (χ1v) is 12.1. The molecular weight excluding hydrogens is 502 g/mol. The molecule has 0 saturated carbocycles. The molecule has 37 heavy (non-hydrogen) atoms. The third-order valence-electron chi connectivity index (χ3n) is 6.71. The summed E-state index contributed by atoms with van der Waals surface area (Å²) in [7, 11) is 0. The van der Waals surface area contributed by atoms with Gasteiger partial charge in [-0.3, -0.25) is 4.90 Å². The van der Waals surface area contributed by atoms with Gasteiger partial charge in [0.15, 0.2) is 5.82 Å². The van der Waals surface area contributed by atoms with Crippen molar-refractivity contribution < 1.29 is 13.9 Å². The van der Waals surface area contributed by atoms with E-state index in [-0.39, 0.29) is 24.5 Å². The maximum Gasteiger partial charge on any atom is 0.224 e. The van der Waals surface area contributed by atoms with Gasteiger partial charge in [-0.2, -0.15) is 15.1 Å². The summed E-state index contributed by atoms with van der Waals surface area (Å²) in [5.41, 5.74) is 8.45. The number of nitrogen functional groups attached to an aromatic ring is 1. The van der Waals surface area contributed by atoms with Crippen LogP contribution in [0.15, 0.2) is 36.5 Å². The molecule has 5 rings (SSSR count). The van der Waals surface area contributed by atoms with Crippen LogP contribution in [0.1, 0.15) is 17.7 Å². The van der Waals surface area contributed by atoms with E-state index in [9.17, 15) is 13.9 Å². The van der Waals surface area contributed by atoms with Gasteiger partial charge in [0.1, 0.15) is 17.5 Å². The second kappa shape index (κ2) is 11.4. The third kappa shape index (κ3) is 6.17. The number of hydrogen-bond donors (Lipinski definition) is 2. The van der Waals surface area contributed by atoms with Crippen LogP contribution in [0.5, 0.6) is 0 Å². The van der Waals surface area contributed by atoms with Crippen molar-refractivity contribution in [3.8, 4) is 5.82 Å². The molecule has 4 heterocycles. The fourth-order valence-corrected chi connectivity index (χ4v) is 4.72. The lowest BCUT2D eigenvalue weighted by atomic mass is 10.2. The van der Waals surface area contributed by atoms with Crippen LogP contribution in [-0.4, -0.2) is 81.7 Å². The topological polar surface area (TPSA) is 99.6 Å². The van der Waals surface area contributed by atoms with Gasteiger partial charge in [0, 0.05) is 69.2 Å². The van der Waals surface area contributed by atoms with E-state index in [1.807, 2.05) is 28.9 Å². The molecule has 0 radical (unpaired) electrons. The Morgan fingerprint density at radius 1 is 1.00 bits per heavy atom. The number of benzene rings is 1. The molecule has 3 aromatic rings. The second-order valence-corrected chi connectivity index (χ2v) is 9.25. The minimum atomic E-state index is -0.554. The molecule has 2 aliphatic rings. The molecule has 1 aromatic carbocycles. The summed E-state index contributed by atoms with van der Waals surface area (Å²) in [5.74, 6) is 0.321. The van der Waals surface area contributed by atoms with Crippen LogP contribution in [0.3, 0.4) is 0 Å². The van der Waals surface area contributed by atoms with E-state index in [1.54, 1.807) is 10.9 Å². The number of piperazine rings is 1. The quantitative estimate of drug-likeness (QED) is 0.500. The Balaban J connectivity index is 0.00000320. The second-order valence-electron chi connectivity index (χ2n) is 9.25. The largest absolute Gasteiger partial charge is 0.391 e. The zero-order valence-corrected chi connectivity index (χ0v) is 21.4. The highest BCUT2D eigenvalue weighted by Gasteiger charge is 2.23. The highest BCUT2D eigenvalue weighted by atomic mass is 35.5. The molecule has 3 N–H and O–H groups in total. The lowest BCUT2D eigenvalue weighted by molar-refractivity contribution is 0.198. The Kier molecular flexibility index (Phi) is 8.25. The lowest BCUT2D eigenvalue weighted by Crippen LogP contribution is -2.46. The third-order valence-corrected chi connectivity index (χ3v) is 6.71. The van der Waals surface area contributed by atoms with Gasteiger partial charge in [-0.15, -0.1) is 12.4 Å². The van der Waals surface area contributed by atoms with E-state index in [4.69, 9.17) is 5.73 Å².